The Morgan fingerprint density at radius 2 is 1.86 bits per heavy atom. The van der Waals surface area contributed by atoms with Crippen molar-refractivity contribution in [3.8, 4) is 17.1 Å². The lowest BCUT2D eigenvalue weighted by Gasteiger charge is -2.05. The molecule has 35 heavy (non-hydrogen) atoms. The number of nitrogens with two attached hydrogens (primary N) is 1. The van der Waals surface area contributed by atoms with Crippen molar-refractivity contribution in [2.24, 2.45) is 0 Å². The fraction of sp³-hybridized carbons (Fsp3) is 0.292. The van der Waals surface area contributed by atoms with Crippen molar-refractivity contribution in [1.29, 1.82) is 0 Å². The number of nitrogen functional groups attached to an aromatic ring is 1. The van der Waals surface area contributed by atoms with E-state index >= 15 is 0 Å². The number of benzene rings is 1. The Kier molecular flexibility index (Phi) is 7.30. The smallest absolute Gasteiger partial charge is 0.282 e. The quantitative estimate of drug-likeness (QED) is 0.280. The van der Waals surface area contributed by atoms with Gasteiger partial charge in [0.05, 0.1) is 10.7 Å². The van der Waals surface area contributed by atoms with Crippen molar-refractivity contribution in [1.82, 2.24) is 29.5 Å². The van der Waals surface area contributed by atoms with Gasteiger partial charge in [-0.1, -0.05) is 31.4 Å². The SMILES string of the molecule is CCCCCn1nc(-c2ccc(F)cc2)c2ccnc(-n3nc(C)c(Cl)c3C(F)F)cc(N)[nH]c21. The van der Waals surface area contributed by atoms with Crippen LogP contribution in [0.15, 0.2) is 42.6 Å². The molecule has 0 spiro atoms. The van der Waals surface area contributed by atoms with Crippen molar-refractivity contribution in [3.05, 3.63) is 64.8 Å². The highest BCUT2D eigenvalue weighted by molar-refractivity contribution is 6.31. The summed E-state index contributed by atoms with van der Waals surface area (Å²) >= 11 is 6.06. The molecule has 0 aliphatic heterocycles. The number of rotatable bonds is 7. The number of aromatic amines is 1. The molecule has 7 nitrogen and oxygen atoms in total. The topological polar surface area (TPSA) is 90.3 Å². The number of nitrogens with one attached hydrogen (secondary N) is 1. The Morgan fingerprint density at radius 3 is 2.54 bits per heavy atom. The van der Waals surface area contributed by atoms with Crippen molar-refractivity contribution >= 4 is 28.5 Å². The van der Waals surface area contributed by atoms with E-state index in [0.717, 1.165) is 23.9 Å². The van der Waals surface area contributed by atoms with E-state index in [0.29, 0.717) is 28.8 Å². The van der Waals surface area contributed by atoms with Gasteiger partial charge in [-0.25, -0.2) is 27.5 Å². The van der Waals surface area contributed by atoms with Crippen LogP contribution >= 0.6 is 11.6 Å². The molecule has 0 saturated carbocycles. The summed E-state index contributed by atoms with van der Waals surface area (Å²) < 4.78 is 43.8. The lowest BCUT2D eigenvalue weighted by atomic mass is 10.1. The molecule has 1 aromatic carbocycles. The molecule has 4 aromatic rings. The second kappa shape index (κ2) is 10.4. The van der Waals surface area contributed by atoms with Crippen molar-refractivity contribution in [2.45, 2.75) is 46.1 Å². The number of hydrogen-bond acceptors (Lipinski definition) is 4. The first kappa shape index (κ1) is 24.6. The maximum absolute atomic E-state index is 13.7. The van der Waals surface area contributed by atoms with Crippen LogP contribution in [0.4, 0.5) is 19.0 Å². The molecule has 184 valence electrons. The van der Waals surface area contributed by atoms with E-state index in [2.05, 4.69) is 22.0 Å². The predicted octanol–water partition coefficient (Wildman–Crippen LogP) is 6.55. The van der Waals surface area contributed by atoms with Crippen LogP contribution in [0.1, 0.15) is 44.0 Å². The number of nitrogens with zero attached hydrogens (tertiary/aromatic N) is 5. The number of fused-ring (bicyclic) bond motifs is 1. The number of unbranched alkanes of at least 4 members (excludes halogenated alkanes) is 2. The Balaban J connectivity index is 1.95. The molecule has 4 rings (SSSR count). The van der Waals surface area contributed by atoms with E-state index in [9.17, 15) is 13.2 Å². The third-order valence-corrected chi connectivity index (χ3v) is 5.99. The Morgan fingerprint density at radius 1 is 1.11 bits per heavy atom. The van der Waals surface area contributed by atoms with E-state index in [1.807, 2.05) is 0 Å². The summed E-state index contributed by atoms with van der Waals surface area (Å²) in [6.07, 6.45) is 1.56. The summed E-state index contributed by atoms with van der Waals surface area (Å²) in [6, 6.07) is 9.14. The molecule has 0 aliphatic rings. The fourth-order valence-corrected chi connectivity index (χ4v) is 4.00. The van der Waals surface area contributed by atoms with Crippen molar-refractivity contribution < 1.29 is 13.2 Å². The number of alkyl halides is 2. The predicted molar refractivity (Wildman–Crippen MR) is 131 cm³/mol. The van der Waals surface area contributed by atoms with Gasteiger partial charge < -0.3 is 10.7 Å². The van der Waals surface area contributed by atoms with Crippen LogP contribution in [0, 0.1) is 12.7 Å². The lowest BCUT2D eigenvalue weighted by Crippen LogP contribution is -2.05. The normalized spacial score (nSPS) is 11.4. The molecule has 3 N–H and O–H groups in total. The number of aromatic nitrogens is 6. The van der Waals surface area contributed by atoms with Gasteiger partial charge in [-0.3, -0.25) is 0 Å². The minimum atomic E-state index is -2.86. The van der Waals surface area contributed by atoms with E-state index in [1.165, 1.54) is 31.3 Å². The molecule has 11 heteroatoms. The van der Waals surface area contributed by atoms with Gasteiger partial charge in [-0.15, -0.1) is 0 Å². The summed E-state index contributed by atoms with van der Waals surface area (Å²) in [5, 5.41) is 9.44. The summed E-state index contributed by atoms with van der Waals surface area (Å²) in [5.74, 6) is -0.134. The highest BCUT2D eigenvalue weighted by atomic mass is 35.5. The van der Waals surface area contributed by atoms with E-state index in [-0.39, 0.29) is 28.2 Å². The van der Waals surface area contributed by atoms with Crippen LogP contribution in [0.3, 0.4) is 0 Å². The molecular weight excluding hydrogens is 479 g/mol. The minimum Gasteiger partial charge on any atom is -0.385 e. The summed E-state index contributed by atoms with van der Waals surface area (Å²) in [6.45, 7) is 4.28. The van der Waals surface area contributed by atoms with Gasteiger partial charge in [-0.2, -0.15) is 10.2 Å². The van der Waals surface area contributed by atoms with Gasteiger partial charge >= 0.3 is 0 Å². The Hall–Kier alpha value is -3.53. The second-order valence-electron chi connectivity index (χ2n) is 8.07. The standard InChI is InChI=1S/C24H25ClF3N7/c1-3-4-5-12-34-24-17(21(33-34)15-6-8-16(26)9-7-15)10-11-30-19(13-18(29)31-24)35-22(23(27)28)20(25)14(2)32-35/h6-11,13,23,31H,3-5,12,29H2,1-2H3. The molecule has 0 atom stereocenters. The van der Waals surface area contributed by atoms with Gasteiger partial charge in [0.2, 0.25) is 0 Å². The van der Waals surface area contributed by atoms with Gasteiger partial charge in [-0.05, 0) is 43.7 Å². The minimum absolute atomic E-state index is 0.0653. The van der Waals surface area contributed by atoms with Crippen LogP contribution in [0.25, 0.3) is 28.1 Å². The number of H-pyrrole nitrogens is 1. The molecule has 0 bridgehead atoms. The zero-order valence-corrected chi connectivity index (χ0v) is 20.0. The van der Waals surface area contributed by atoms with E-state index < -0.39 is 12.1 Å². The lowest BCUT2D eigenvalue weighted by molar-refractivity contribution is 0.142. The number of halogens is 4. The average Bonchev–Trinajstić information content (AvgIpc) is 3.32. The third-order valence-electron chi connectivity index (χ3n) is 5.52. The average molecular weight is 504 g/mol. The van der Waals surface area contributed by atoms with Crippen LogP contribution < -0.4 is 5.73 Å². The molecule has 0 amide bonds. The number of aryl methyl sites for hydroxylation is 2. The Bertz CT molecular complexity index is 1390. The van der Waals surface area contributed by atoms with Crippen LogP contribution in [0.2, 0.25) is 5.02 Å². The van der Waals surface area contributed by atoms with Gasteiger partial charge in [0.1, 0.15) is 28.7 Å². The second-order valence-corrected chi connectivity index (χ2v) is 8.45. The largest absolute Gasteiger partial charge is 0.385 e. The van der Waals surface area contributed by atoms with Gasteiger partial charge in [0.25, 0.3) is 6.43 Å². The van der Waals surface area contributed by atoms with E-state index in [1.54, 1.807) is 22.9 Å². The molecule has 3 heterocycles. The maximum Gasteiger partial charge on any atom is 0.282 e. The van der Waals surface area contributed by atoms with Crippen LogP contribution in [-0.2, 0) is 6.54 Å². The van der Waals surface area contributed by atoms with Gasteiger partial charge in [0.15, 0.2) is 5.82 Å². The maximum atomic E-state index is 13.7. The fourth-order valence-electron chi connectivity index (χ4n) is 3.80. The molecular formula is C24H25ClF3N7. The molecule has 0 unspecified atom stereocenters. The number of hydrogen-bond donors (Lipinski definition) is 2. The monoisotopic (exact) mass is 503 g/mol. The van der Waals surface area contributed by atoms with E-state index in [4.69, 9.17) is 22.4 Å². The summed E-state index contributed by atoms with van der Waals surface area (Å²) in [5.41, 5.74) is 7.99. The van der Waals surface area contributed by atoms with Crippen LogP contribution in [-0.4, -0.2) is 29.5 Å². The molecule has 3 aromatic heterocycles. The van der Waals surface area contributed by atoms with Crippen molar-refractivity contribution in [2.75, 3.05) is 5.73 Å². The number of anilines is 1. The molecule has 0 radical (unpaired) electrons. The summed E-state index contributed by atoms with van der Waals surface area (Å²) in [4.78, 5) is 7.49. The van der Waals surface area contributed by atoms with Gasteiger partial charge in [0, 0.05) is 29.8 Å². The third kappa shape index (κ3) is 5.12. The molecule has 0 fully saturated rings. The first-order valence-electron chi connectivity index (χ1n) is 11.2. The zero-order valence-electron chi connectivity index (χ0n) is 19.3. The highest BCUT2D eigenvalue weighted by Gasteiger charge is 2.23. The summed E-state index contributed by atoms with van der Waals surface area (Å²) in [7, 11) is 0. The highest BCUT2D eigenvalue weighted by Crippen LogP contribution is 2.31. The zero-order chi connectivity index (χ0) is 25.1. The Labute approximate surface area is 205 Å². The first-order chi connectivity index (χ1) is 16.8. The van der Waals surface area contributed by atoms with Crippen molar-refractivity contribution in [3.63, 3.8) is 0 Å². The molecule has 0 aliphatic carbocycles. The van der Waals surface area contributed by atoms with Crippen LogP contribution in [0.5, 0.6) is 0 Å². The molecule has 0 saturated heterocycles. The first-order valence-corrected chi connectivity index (χ1v) is 11.6.